The Kier molecular flexibility index (Phi) is 5.65. The fourth-order valence-electron chi connectivity index (χ4n) is 3.74. The normalized spacial score (nSPS) is 16.9. The fraction of sp³-hybridized carbons (Fsp3) is 0.227. The summed E-state index contributed by atoms with van der Waals surface area (Å²) in [6.07, 6.45) is 3.35. The third-order valence-electron chi connectivity index (χ3n) is 5.19. The minimum atomic E-state index is -0.548. The van der Waals surface area contributed by atoms with Crippen LogP contribution in [0.3, 0.4) is 0 Å². The largest absolute Gasteiger partial charge is 0.482 e. The summed E-state index contributed by atoms with van der Waals surface area (Å²) in [7, 11) is 0. The van der Waals surface area contributed by atoms with Crippen molar-refractivity contribution in [1.82, 2.24) is 20.5 Å². The van der Waals surface area contributed by atoms with Gasteiger partial charge in [0, 0.05) is 34.1 Å². The smallest absolute Gasteiger partial charge is 0.166 e. The summed E-state index contributed by atoms with van der Waals surface area (Å²) < 4.78 is 20.3. The van der Waals surface area contributed by atoms with Crippen molar-refractivity contribution in [2.75, 3.05) is 5.73 Å². The molecule has 9 heteroatoms. The summed E-state index contributed by atoms with van der Waals surface area (Å²) >= 11 is 5.89. The van der Waals surface area contributed by atoms with E-state index in [2.05, 4.69) is 20.5 Å². The highest BCUT2D eigenvalue weighted by molar-refractivity contribution is 6.68. The number of nitrogens with zero attached hydrogens (tertiary/aromatic N) is 2. The molecule has 0 radical (unpaired) electrons. The number of ether oxygens (including phenoxy) is 1. The van der Waals surface area contributed by atoms with Crippen molar-refractivity contribution < 1.29 is 9.13 Å². The third kappa shape index (κ3) is 4.11. The summed E-state index contributed by atoms with van der Waals surface area (Å²) in [6, 6.07) is 6.23. The lowest BCUT2D eigenvalue weighted by Crippen LogP contribution is -2.17. The molecule has 0 aliphatic carbocycles. The molecule has 0 unspecified atom stereocenters. The van der Waals surface area contributed by atoms with Crippen LogP contribution in [0.1, 0.15) is 42.5 Å². The number of rotatable bonds is 2. The van der Waals surface area contributed by atoms with Gasteiger partial charge in [0.1, 0.15) is 17.1 Å². The van der Waals surface area contributed by atoms with Crippen molar-refractivity contribution in [2.45, 2.75) is 32.9 Å². The second kappa shape index (κ2) is 8.39. The molecule has 0 amide bonds. The van der Waals surface area contributed by atoms with Gasteiger partial charge >= 0.3 is 0 Å². The lowest BCUT2D eigenvalue weighted by molar-refractivity contribution is 0.227. The molecule has 1 aliphatic rings. The molecule has 31 heavy (non-hydrogen) atoms. The number of hydrogen-bond acceptors (Lipinski definition) is 6. The number of nitrogens with one attached hydrogen (secondary N) is 3. The Morgan fingerprint density at radius 1 is 1.42 bits per heavy atom. The Morgan fingerprint density at radius 2 is 2.23 bits per heavy atom. The Bertz CT molecular complexity index is 1190. The molecule has 1 aromatic carbocycles. The van der Waals surface area contributed by atoms with E-state index in [1.807, 2.05) is 13.0 Å². The summed E-state index contributed by atoms with van der Waals surface area (Å²) in [5, 5.41) is 18.4. The van der Waals surface area contributed by atoms with Crippen LogP contribution in [0.2, 0.25) is 0 Å². The fourth-order valence-corrected chi connectivity index (χ4v) is 3.84. The van der Waals surface area contributed by atoms with Crippen molar-refractivity contribution in [3.8, 4) is 16.9 Å². The number of hydrogen-bond donors (Lipinski definition) is 4. The molecule has 3 heterocycles. The van der Waals surface area contributed by atoms with Gasteiger partial charge in [0.2, 0.25) is 0 Å². The Morgan fingerprint density at radius 3 is 2.97 bits per heavy atom. The minimum absolute atomic E-state index is 0.156. The first-order chi connectivity index (χ1) is 14.9. The van der Waals surface area contributed by atoms with Crippen molar-refractivity contribution >= 4 is 28.3 Å². The Balaban J connectivity index is 1.95. The third-order valence-corrected chi connectivity index (χ3v) is 5.30. The van der Waals surface area contributed by atoms with Crippen molar-refractivity contribution in [1.29, 1.82) is 5.41 Å². The van der Waals surface area contributed by atoms with Crippen LogP contribution in [-0.2, 0) is 13.0 Å². The van der Waals surface area contributed by atoms with E-state index in [9.17, 15) is 4.39 Å². The number of halogens is 2. The zero-order valence-corrected chi connectivity index (χ0v) is 17.8. The highest BCUT2D eigenvalue weighted by atomic mass is 35.5. The number of benzene rings is 1. The van der Waals surface area contributed by atoms with Gasteiger partial charge in [-0.25, -0.2) is 9.37 Å². The first kappa shape index (κ1) is 20.9. The minimum Gasteiger partial charge on any atom is -0.482 e. The quantitative estimate of drug-likeness (QED) is 0.436. The predicted octanol–water partition coefficient (Wildman–Crippen LogP) is 4.56. The van der Waals surface area contributed by atoms with E-state index in [-0.39, 0.29) is 11.0 Å². The van der Waals surface area contributed by atoms with E-state index >= 15 is 0 Å². The molecule has 0 spiro atoms. The molecule has 2 bridgehead atoms. The van der Waals surface area contributed by atoms with Crippen LogP contribution in [0.25, 0.3) is 16.8 Å². The SMILES string of the molecule is CCc1n[nH]c2c1-c1cnc(N)c(c1)O[C@H](C)c1cc(F)ccc1/C(=C/C(=N)Cl)NC2. The number of aryl methyl sites for hydroxylation is 1. The highest BCUT2D eigenvalue weighted by Gasteiger charge is 2.22. The number of anilines is 1. The van der Waals surface area contributed by atoms with Crippen LogP contribution in [0, 0.1) is 11.2 Å². The zero-order valence-electron chi connectivity index (χ0n) is 17.1. The van der Waals surface area contributed by atoms with Crippen LogP contribution in [0.4, 0.5) is 10.2 Å². The summed E-state index contributed by atoms with van der Waals surface area (Å²) in [5.41, 5.74) is 11.4. The molecule has 0 fully saturated rings. The molecular formula is C22H22ClFN6O. The van der Waals surface area contributed by atoms with Gasteiger partial charge in [-0.1, -0.05) is 18.5 Å². The van der Waals surface area contributed by atoms with Gasteiger partial charge in [-0.05, 0) is 43.7 Å². The molecule has 1 atom stereocenters. The van der Waals surface area contributed by atoms with Gasteiger partial charge in [-0.15, -0.1) is 0 Å². The van der Waals surface area contributed by atoms with E-state index in [1.165, 1.54) is 18.2 Å². The average Bonchev–Trinajstić information content (AvgIpc) is 3.14. The number of pyridine rings is 1. The number of nitrogen functional groups attached to an aromatic ring is 1. The Labute approximate surface area is 184 Å². The first-order valence-electron chi connectivity index (χ1n) is 9.85. The average molecular weight is 441 g/mol. The lowest BCUT2D eigenvalue weighted by atomic mass is 9.98. The van der Waals surface area contributed by atoms with E-state index in [0.29, 0.717) is 29.1 Å². The molecule has 5 N–H and O–H groups in total. The maximum atomic E-state index is 14.1. The lowest BCUT2D eigenvalue weighted by Gasteiger charge is -2.23. The van der Waals surface area contributed by atoms with Gasteiger partial charge in [-0.3, -0.25) is 10.5 Å². The van der Waals surface area contributed by atoms with Crippen LogP contribution in [-0.4, -0.2) is 20.4 Å². The second-order valence-electron chi connectivity index (χ2n) is 7.24. The van der Waals surface area contributed by atoms with Crippen LogP contribution < -0.4 is 15.8 Å². The number of H-pyrrole nitrogens is 1. The van der Waals surface area contributed by atoms with E-state index in [4.69, 9.17) is 27.5 Å². The molecule has 160 valence electrons. The predicted molar refractivity (Wildman–Crippen MR) is 119 cm³/mol. The molecular weight excluding hydrogens is 419 g/mol. The number of allylic oxidation sites excluding steroid dienone is 1. The monoisotopic (exact) mass is 440 g/mol. The molecule has 4 rings (SSSR count). The summed E-state index contributed by atoms with van der Waals surface area (Å²) in [6.45, 7) is 4.21. The van der Waals surface area contributed by atoms with Crippen LogP contribution >= 0.6 is 11.6 Å². The molecule has 3 aromatic rings. The van der Waals surface area contributed by atoms with Gasteiger partial charge in [-0.2, -0.15) is 5.10 Å². The number of fused-ring (bicyclic) bond motifs is 5. The van der Waals surface area contributed by atoms with Crippen molar-refractivity contribution in [2.24, 2.45) is 0 Å². The van der Waals surface area contributed by atoms with Crippen molar-refractivity contribution in [3.63, 3.8) is 0 Å². The maximum absolute atomic E-state index is 14.1. The number of nitrogens with two attached hydrogens (primary N) is 1. The van der Waals surface area contributed by atoms with Gasteiger partial charge < -0.3 is 15.8 Å². The molecule has 2 aromatic heterocycles. The maximum Gasteiger partial charge on any atom is 0.166 e. The van der Waals surface area contributed by atoms with Gasteiger partial charge in [0.05, 0.1) is 17.9 Å². The highest BCUT2D eigenvalue weighted by Crippen LogP contribution is 2.36. The zero-order chi connectivity index (χ0) is 22.1. The number of aromatic amines is 1. The second-order valence-corrected chi connectivity index (χ2v) is 7.64. The van der Waals surface area contributed by atoms with Crippen LogP contribution in [0.15, 0.2) is 36.5 Å². The summed E-state index contributed by atoms with van der Waals surface area (Å²) in [4.78, 5) is 4.30. The van der Waals surface area contributed by atoms with Gasteiger partial charge in [0.25, 0.3) is 0 Å². The van der Waals surface area contributed by atoms with Crippen LogP contribution in [0.5, 0.6) is 5.75 Å². The van der Waals surface area contributed by atoms with Crippen molar-refractivity contribution in [3.05, 3.63) is 64.9 Å². The van der Waals surface area contributed by atoms with E-state index in [0.717, 1.165) is 28.9 Å². The first-order valence-corrected chi connectivity index (χ1v) is 10.2. The molecule has 0 saturated heterocycles. The topological polar surface area (TPSA) is 113 Å². The Hall–Kier alpha value is -3.39. The molecule has 7 nitrogen and oxygen atoms in total. The van der Waals surface area contributed by atoms with E-state index in [1.54, 1.807) is 19.2 Å². The molecule has 0 saturated carbocycles. The summed E-state index contributed by atoms with van der Waals surface area (Å²) in [5.74, 6) is 0.244. The standard InChI is InChI=1S/C22H22ClFN6O/c1-3-16-21-12-6-19(22(26)28-9-12)31-11(2)15-7-13(24)4-5-14(15)17(8-20(23)25)27-10-18(21)30-29-16/h4-9,11,25,27H,3,10H2,1-2H3,(H2,26,28)(H,29,30)/b17-8-,25-20?/t11-/m1/s1. The van der Waals surface area contributed by atoms with E-state index < -0.39 is 11.9 Å². The van der Waals surface area contributed by atoms with Gasteiger partial charge in [0.15, 0.2) is 11.6 Å². The number of aromatic nitrogens is 3. The molecule has 1 aliphatic heterocycles.